The molecule has 0 radical (unpaired) electrons. The number of ether oxygens (including phenoxy) is 2. The number of unbranched alkanes of at least 4 members (excludes halogenated alkanes) is 2. The molecule has 3 aromatic carbocycles. The van der Waals surface area contributed by atoms with E-state index in [0.29, 0.717) is 25.6 Å². The van der Waals surface area contributed by atoms with E-state index in [1.807, 2.05) is 24.3 Å². The van der Waals surface area contributed by atoms with Crippen LogP contribution in [-0.4, -0.2) is 30.4 Å². The van der Waals surface area contributed by atoms with Crippen molar-refractivity contribution in [3.8, 4) is 16.9 Å². The molecule has 178 valence electrons. The van der Waals surface area contributed by atoms with E-state index >= 15 is 0 Å². The Hall–Kier alpha value is -3.11. The van der Waals surface area contributed by atoms with Crippen LogP contribution in [0.5, 0.6) is 5.75 Å². The maximum absolute atomic E-state index is 11.4. The van der Waals surface area contributed by atoms with E-state index in [1.54, 1.807) is 0 Å². The number of aliphatic carboxylic acids is 1. The number of carboxylic acid groups (broad SMARTS) is 1. The third kappa shape index (κ3) is 5.87. The van der Waals surface area contributed by atoms with E-state index in [9.17, 15) is 9.90 Å². The molecule has 1 atom stereocenters. The molecule has 0 saturated heterocycles. The number of rotatable bonds is 13. The number of fused-ring (bicyclic) bond motifs is 3. The normalized spacial score (nSPS) is 13.3. The Labute approximate surface area is 202 Å². The van der Waals surface area contributed by atoms with Gasteiger partial charge in [-0.15, -0.1) is 0 Å². The first-order valence-electron chi connectivity index (χ1n) is 12.4. The van der Waals surface area contributed by atoms with Crippen LogP contribution in [0.15, 0.2) is 72.8 Å². The highest BCUT2D eigenvalue weighted by atomic mass is 16.5. The molecule has 0 aliphatic heterocycles. The van der Waals surface area contributed by atoms with Crippen LogP contribution in [0.4, 0.5) is 0 Å². The lowest BCUT2D eigenvalue weighted by Crippen LogP contribution is -2.26. The summed E-state index contributed by atoms with van der Waals surface area (Å²) in [4.78, 5) is 11.4. The highest BCUT2D eigenvalue weighted by molar-refractivity contribution is 5.78. The monoisotopic (exact) mass is 458 g/mol. The van der Waals surface area contributed by atoms with Crippen LogP contribution in [-0.2, 0) is 16.0 Å². The molecular formula is C30H34O4. The molecule has 1 N–H and O–H groups in total. The molecule has 3 aromatic rings. The summed E-state index contributed by atoms with van der Waals surface area (Å²) in [6, 6.07) is 25.2. The van der Waals surface area contributed by atoms with Gasteiger partial charge in [0.1, 0.15) is 5.75 Å². The maximum atomic E-state index is 11.4. The Kier molecular flexibility index (Phi) is 8.37. The molecule has 34 heavy (non-hydrogen) atoms. The molecule has 1 aliphatic carbocycles. The quantitative estimate of drug-likeness (QED) is 0.284. The topological polar surface area (TPSA) is 55.8 Å². The molecule has 4 heteroatoms. The summed E-state index contributed by atoms with van der Waals surface area (Å²) < 4.78 is 11.5. The van der Waals surface area contributed by atoms with Crippen molar-refractivity contribution in [2.24, 2.45) is 0 Å². The molecule has 0 heterocycles. The Bertz CT molecular complexity index is 1030. The van der Waals surface area contributed by atoms with Gasteiger partial charge in [-0.2, -0.15) is 0 Å². The van der Waals surface area contributed by atoms with Gasteiger partial charge in [-0.3, -0.25) is 0 Å². The van der Waals surface area contributed by atoms with Crippen molar-refractivity contribution in [2.75, 3.05) is 13.2 Å². The van der Waals surface area contributed by atoms with Gasteiger partial charge < -0.3 is 14.6 Å². The number of hydrogen-bond acceptors (Lipinski definition) is 3. The first-order chi connectivity index (χ1) is 16.7. The fourth-order valence-electron chi connectivity index (χ4n) is 4.73. The second-order valence-corrected chi connectivity index (χ2v) is 8.97. The predicted octanol–water partition coefficient (Wildman–Crippen LogP) is 6.86. The van der Waals surface area contributed by atoms with Gasteiger partial charge in [-0.25, -0.2) is 4.79 Å². The van der Waals surface area contributed by atoms with E-state index in [1.165, 1.54) is 22.3 Å². The highest BCUT2D eigenvalue weighted by Crippen LogP contribution is 2.46. The van der Waals surface area contributed by atoms with Crippen molar-refractivity contribution in [3.05, 3.63) is 89.5 Å². The lowest BCUT2D eigenvalue weighted by molar-refractivity contribution is -0.150. The predicted molar refractivity (Wildman–Crippen MR) is 135 cm³/mol. The van der Waals surface area contributed by atoms with Gasteiger partial charge >= 0.3 is 5.97 Å². The third-order valence-electron chi connectivity index (χ3n) is 6.56. The van der Waals surface area contributed by atoms with E-state index < -0.39 is 12.1 Å². The fourth-order valence-corrected chi connectivity index (χ4v) is 4.73. The van der Waals surface area contributed by atoms with Gasteiger partial charge in [0.2, 0.25) is 0 Å². The van der Waals surface area contributed by atoms with E-state index in [0.717, 1.165) is 43.4 Å². The van der Waals surface area contributed by atoms with Crippen molar-refractivity contribution >= 4 is 5.97 Å². The van der Waals surface area contributed by atoms with Gasteiger partial charge in [0.05, 0.1) is 6.61 Å². The summed E-state index contributed by atoms with van der Waals surface area (Å²) in [5.74, 6) is 0.372. The first kappa shape index (κ1) is 24.0. The molecule has 0 aromatic heterocycles. The number of benzene rings is 3. The van der Waals surface area contributed by atoms with Crippen molar-refractivity contribution in [1.82, 2.24) is 0 Å². The largest absolute Gasteiger partial charge is 0.494 e. The van der Waals surface area contributed by atoms with Gasteiger partial charge in [-0.05, 0) is 65.6 Å². The summed E-state index contributed by atoms with van der Waals surface area (Å²) in [6.07, 6.45) is 4.63. The Morgan fingerprint density at radius 2 is 1.50 bits per heavy atom. The summed E-state index contributed by atoms with van der Waals surface area (Å²) >= 11 is 0. The van der Waals surface area contributed by atoms with Gasteiger partial charge in [-0.1, -0.05) is 74.0 Å². The molecule has 1 unspecified atom stereocenters. The Morgan fingerprint density at radius 1 is 0.853 bits per heavy atom. The Balaban J connectivity index is 1.23. The SMILES string of the molecule is CCCCOC(Cc1ccc(OCCCCC2c3ccccc3-c3ccccc32)cc1)C(=O)O. The van der Waals surface area contributed by atoms with Crippen molar-refractivity contribution in [3.63, 3.8) is 0 Å². The van der Waals surface area contributed by atoms with Crippen molar-refractivity contribution < 1.29 is 19.4 Å². The van der Waals surface area contributed by atoms with Crippen LogP contribution >= 0.6 is 0 Å². The zero-order valence-electron chi connectivity index (χ0n) is 19.9. The minimum Gasteiger partial charge on any atom is -0.494 e. The van der Waals surface area contributed by atoms with Gasteiger partial charge in [0.25, 0.3) is 0 Å². The van der Waals surface area contributed by atoms with Crippen LogP contribution in [0, 0.1) is 0 Å². The summed E-state index contributed by atoms with van der Waals surface area (Å²) in [7, 11) is 0. The van der Waals surface area contributed by atoms with Gasteiger partial charge in [0, 0.05) is 18.9 Å². The smallest absolute Gasteiger partial charge is 0.333 e. The van der Waals surface area contributed by atoms with E-state index in [2.05, 4.69) is 55.5 Å². The van der Waals surface area contributed by atoms with Crippen LogP contribution in [0.1, 0.15) is 61.6 Å². The molecule has 0 amide bonds. The van der Waals surface area contributed by atoms with Crippen molar-refractivity contribution in [2.45, 2.75) is 57.5 Å². The second kappa shape index (κ2) is 11.8. The molecule has 1 aliphatic rings. The fraction of sp³-hybridized carbons (Fsp3) is 0.367. The molecule has 0 spiro atoms. The summed E-state index contributed by atoms with van der Waals surface area (Å²) in [6.45, 7) is 3.21. The van der Waals surface area contributed by atoms with E-state index in [-0.39, 0.29) is 0 Å². The molecule has 0 bridgehead atoms. The van der Waals surface area contributed by atoms with Gasteiger partial charge in [0.15, 0.2) is 6.10 Å². The number of carboxylic acids is 1. The zero-order chi connectivity index (χ0) is 23.8. The lowest BCUT2D eigenvalue weighted by Gasteiger charge is -2.15. The molecule has 4 nitrogen and oxygen atoms in total. The van der Waals surface area contributed by atoms with Crippen LogP contribution in [0.25, 0.3) is 11.1 Å². The minimum absolute atomic E-state index is 0.365. The van der Waals surface area contributed by atoms with Crippen LogP contribution in [0.2, 0.25) is 0 Å². The minimum atomic E-state index is -0.913. The Morgan fingerprint density at radius 3 is 2.12 bits per heavy atom. The number of hydrogen-bond donors (Lipinski definition) is 1. The average Bonchev–Trinajstić information content (AvgIpc) is 3.18. The number of carbonyl (C=O) groups is 1. The standard InChI is InChI=1S/C30H34O4/c1-2-3-19-34-29(30(31)32)21-22-15-17-23(18-16-22)33-20-9-8-14-28-26-12-6-4-10-24(26)25-11-5-7-13-27(25)28/h4-7,10-13,15-18,28-29H,2-3,8-9,14,19-21H2,1H3,(H,31,32). The van der Waals surface area contributed by atoms with Crippen molar-refractivity contribution in [1.29, 1.82) is 0 Å². The molecule has 4 rings (SSSR count). The summed E-state index contributed by atoms with van der Waals surface area (Å²) in [5.41, 5.74) is 6.58. The molecular weight excluding hydrogens is 424 g/mol. The van der Waals surface area contributed by atoms with Crippen LogP contribution in [0.3, 0.4) is 0 Å². The molecule has 0 fully saturated rings. The van der Waals surface area contributed by atoms with Crippen LogP contribution < -0.4 is 4.74 Å². The maximum Gasteiger partial charge on any atom is 0.333 e. The zero-order valence-corrected chi connectivity index (χ0v) is 19.9. The second-order valence-electron chi connectivity index (χ2n) is 8.97. The summed E-state index contributed by atoms with van der Waals surface area (Å²) in [5, 5.41) is 9.39. The molecule has 0 saturated carbocycles. The highest BCUT2D eigenvalue weighted by Gasteiger charge is 2.27. The average molecular weight is 459 g/mol. The van der Waals surface area contributed by atoms with E-state index in [4.69, 9.17) is 9.47 Å². The lowest BCUT2D eigenvalue weighted by atomic mass is 9.92. The third-order valence-corrected chi connectivity index (χ3v) is 6.56. The first-order valence-corrected chi connectivity index (χ1v) is 12.4.